The van der Waals surface area contributed by atoms with Gasteiger partial charge in [-0.25, -0.2) is 4.79 Å². The first kappa shape index (κ1) is 20.5. The van der Waals surface area contributed by atoms with Crippen LogP contribution in [-0.4, -0.2) is 55.0 Å². The number of rotatable bonds is 10. The molecular weight excluding hydrogens is 355 g/mol. The van der Waals surface area contributed by atoms with Gasteiger partial charge in [0.15, 0.2) is 0 Å². The second kappa shape index (κ2) is 10.4. The quantitative estimate of drug-likeness (QED) is 0.479. The van der Waals surface area contributed by atoms with Gasteiger partial charge in [-0.1, -0.05) is 0 Å². The molecule has 8 heteroatoms. The maximum absolute atomic E-state index is 11.9. The number of anilines is 1. The van der Waals surface area contributed by atoms with Gasteiger partial charge in [-0.15, -0.1) is 23.2 Å². The molecule has 1 atom stereocenters. The SMILES string of the molecule is COC(=O)c1ccc(N(CCCl)CCCl)cc1CC(N)CC(=O)O. The topological polar surface area (TPSA) is 92.9 Å². The summed E-state index contributed by atoms with van der Waals surface area (Å²) in [5.74, 6) is -0.600. The number of nitrogens with two attached hydrogens (primary N) is 1. The van der Waals surface area contributed by atoms with E-state index >= 15 is 0 Å². The number of carboxylic acid groups (broad SMARTS) is 1. The highest BCUT2D eigenvalue weighted by Gasteiger charge is 2.18. The van der Waals surface area contributed by atoms with Crippen molar-refractivity contribution in [3.8, 4) is 0 Å². The molecule has 0 heterocycles. The molecule has 1 rings (SSSR count). The minimum atomic E-state index is -0.982. The molecule has 3 N–H and O–H groups in total. The summed E-state index contributed by atoms with van der Waals surface area (Å²) in [5, 5.41) is 8.86. The van der Waals surface area contributed by atoms with Crippen LogP contribution in [0.1, 0.15) is 22.3 Å². The van der Waals surface area contributed by atoms with Gasteiger partial charge in [0.25, 0.3) is 0 Å². The van der Waals surface area contributed by atoms with E-state index < -0.39 is 18.0 Å². The van der Waals surface area contributed by atoms with Crippen molar-refractivity contribution in [3.63, 3.8) is 0 Å². The number of alkyl halides is 2. The number of methoxy groups -OCH3 is 1. The van der Waals surface area contributed by atoms with Crippen LogP contribution in [0.3, 0.4) is 0 Å². The Morgan fingerprint density at radius 3 is 2.42 bits per heavy atom. The minimum absolute atomic E-state index is 0.183. The van der Waals surface area contributed by atoms with E-state index in [2.05, 4.69) is 0 Å². The van der Waals surface area contributed by atoms with Gasteiger partial charge in [-0.05, 0) is 30.2 Å². The predicted molar refractivity (Wildman–Crippen MR) is 95.4 cm³/mol. The van der Waals surface area contributed by atoms with Crippen molar-refractivity contribution in [1.29, 1.82) is 0 Å². The fourth-order valence-corrected chi connectivity index (χ4v) is 2.82. The number of halogens is 2. The molecule has 1 aromatic carbocycles. The largest absolute Gasteiger partial charge is 0.481 e. The number of aliphatic carboxylic acids is 1. The number of carbonyl (C=O) groups excluding carboxylic acids is 1. The highest BCUT2D eigenvalue weighted by Crippen LogP contribution is 2.22. The van der Waals surface area contributed by atoms with Crippen molar-refractivity contribution in [2.45, 2.75) is 18.9 Å². The number of hydrogen-bond donors (Lipinski definition) is 2. The van der Waals surface area contributed by atoms with E-state index in [0.717, 1.165) is 5.69 Å². The summed E-state index contributed by atoms with van der Waals surface area (Å²) in [6.45, 7) is 1.21. The molecule has 1 aromatic rings. The summed E-state index contributed by atoms with van der Waals surface area (Å²) in [6, 6.07) is 4.65. The van der Waals surface area contributed by atoms with Crippen molar-refractivity contribution in [2.75, 3.05) is 36.9 Å². The monoisotopic (exact) mass is 376 g/mol. The number of hydrogen-bond acceptors (Lipinski definition) is 5. The van der Waals surface area contributed by atoms with E-state index in [1.54, 1.807) is 12.1 Å². The standard InChI is InChI=1S/C16H22Cl2N2O4/c1-24-16(23)14-3-2-13(20(6-4-17)7-5-18)9-11(14)8-12(19)10-15(21)22/h2-3,9,12H,4-8,10,19H2,1H3,(H,21,22). The summed E-state index contributed by atoms with van der Waals surface area (Å²) >= 11 is 11.6. The highest BCUT2D eigenvalue weighted by molar-refractivity contribution is 6.18. The fourth-order valence-electron chi connectivity index (χ4n) is 2.41. The lowest BCUT2D eigenvalue weighted by atomic mass is 9.98. The van der Waals surface area contributed by atoms with Crippen LogP contribution in [0.25, 0.3) is 0 Å². The normalized spacial score (nSPS) is 11.8. The second-order valence-corrected chi connectivity index (χ2v) is 6.02. The number of benzene rings is 1. The van der Waals surface area contributed by atoms with E-state index in [1.165, 1.54) is 7.11 Å². The molecule has 6 nitrogen and oxygen atoms in total. The number of carboxylic acids is 1. The zero-order valence-corrected chi connectivity index (χ0v) is 15.0. The van der Waals surface area contributed by atoms with Crippen molar-refractivity contribution >= 4 is 40.8 Å². The Labute approximate surface area is 151 Å². The van der Waals surface area contributed by atoms with Crippen LogP contribution in [0, 0.1) is 0 Å². The molecule has 0 amide bonds. The van der Waals surface area contributed by atoms with Crippen molar-refractivity contribution in [2.24, 2.45) is 5.73 Å². The Hall–Kier alpha value is -1.50. The average Bonchev–Trinajstić information content (AvgIpc) is 2.53. The molecule has 0 aliphatic rings. The molecule has 0 aromatic heterocycles. The molecule has 0 bridgehead atoms. The molecule has 0 spiro atoms. The lowest BCUT2D eigenvalue weighted by Gasteiger charge is -2.24. The predicted octanol–water partition coefficient (Wildman–Crippen LogP) is 2.10. The maximum atomic E-state index is 11.9. The van der Waals surface area contributed by atoms with Gasteiger partial charge in [0.05, 0.1) is 19.1 Å². The second-order valence-electron chi connectivity index (χ2n) is 5.26. The lowest BCUT2D eigenvalue weighted by Crippen LogP contribution is -2.29. The molecule has 134 valence electrons. The van der Waals surface area contributed by atoms with Crippen LogP contribution in [0.15, 0.2) is 18.2 Å². The smallest absolute Gasteiger partial charge is 0.338 e. The Bertz CT molecular complexity index is 563. The number of nitrogens with zero attached hydrogens (tertiary/aromatic N) is 1. The van der Waals surface area contributed by atoms with Crippen LogP contribution in [0.5, 0.6) is 0 Å². The molecule has 0 aliphatic heterocycles. The average molecular weight is 377 g/mol. The first-order valence-electron chi connectivity index (χ1n) is 7.48. The van der Waals surface area contributed by atoms with Gasteiger partial charge >= 0.3 is 11.9 Å². The van der Waals surface area contributed by atoms with Crippen molar-refractivity contribution in [3.05, 3.63) is 29.3 Å². The number of esters is 1. The van der Waals surface area contributed by atoms with Crippen LogP contribution >= 0.6 is 23.2 Å². The van der Waals surface area contributed by atoms with Crippen molar-refractivity contribution < 1.29 is 19.4 Å². The summed E-state index contributed by atoms with van der Waals surface area (Å²) < 4.78 is 4.78. The highest BCUT2D eigenvalue weighted by atomic mass is 35.5. The molecular formula is C16H22Cl2N2O4. The first-order valence-corrected chi connectivity index (χ1v) is 8.55. The summed E-state index contributed by atoms with van der Waals surface area (Å²) in [6.07, 6.45) is 0.0675. The van der Waals surface area contributed by atoms with Crippen LogP contribution in [0.2, 0.25) is 0 Å². The molecule has 0 saturated carbocycles. The van der Waals surface area contributed by atoms with Crippen LogP contribution in [0.4, 0.5) is 5.69 Å². The van der Waals surface area contributed by atoms with Gasteiger partial charge < -0.3 is 20.5 Å². The minimum Gasteiger partial charge on any atom is -0.481 e. The molecule has 0 aliphatic carbocycles. The Balaban J connectivity index is 3.15. The van der Waals surface area contributed by atoms with E-state index in [0.29, 0.717) is 36.0 Å². The van der Waals surface area contributed by atoms with E-state index in [1.807, 2.05) is 11.0 Å². The summed E-state index contributed by atoms with van der Waals surface area (Å²) in [7, 11) is 1.30. The third kappa shape index (κ3) is 6.19. The molecule has 24 heavy (non-hydrogen) atoms. The molecule has 0 saturated heterocycles. The van der Waals surface area contributed by atoms with Gasteiger partial charge in [0.1, 0.15) is 0 Å². The van der Waals surface area contributed by atoms with Crippen LogP contribution in [-0.2, 0) is 16.0 Å². The Morgan fingerprint density at radius 2 is 1.92 bits per heavy atom. The summed E-state index contributed by atoms with van der Waals surface area (Å²) in [5.41, 5.74) is 7.74. The number of ether oxygens (including phenoxy) is 1. The third-order valence-electron chi connectivity index (χ3n) is 3.49. The van der Waals surface area contributed by atoms with Gasteiger partial charge in [-0.3, -0.25) is 4.79 Å². The Kier molecular flexibility index (Phi) is 8.89. The van der Waals surface area contributed by atoms with E-state index in [9.17, 15) is 9.59 Å². The zero-order valence-electron chi connectivity index (χ0n) is 13.5. The maximum Gasteiger partial charge on any atom is 0.338 e. The zero-order chi connectivity index (χ0) is 18.1. The lowest BCUT2D eigenvalue weighted by molar-refractivity contribution is -0.137. The Morgan fingerprint density at radius 1 is 1.29 bits per heavy atom. The molecule has 0 fully saturated rings. The molecule has 0 radical (unpaired) electrons. The van der Waals surface area contributed by atoms with Gasteiger partial charge in [0.2, 0.25) is 0 Å². The summed E-state index contributed by atoms with van der Waals surface area (Å²) in [4.78, 5) is 24.7. The van der Waals surface area contributed by atoms with Crippen molar-refractivity contribution in [1.82, 2.24) is 0 Å². The van der Waals surface area contributed by atoms with E-state index in [-0.39, 0.29) is 12.8 Å². The van der Waals surface area contributed by atoms with Gasteiger partial charge in [-0.2, -0.15) is 0 Å². The van der Waals surface area contributed by atoms with E-state index in [4.69, 9.17) is 38.8 Å². The first-order chi connectivity index (χ1) is 11.4. The van der Waals surface area contributed by atoms with Gasteiger partial charge in [0, 0.05) is 36.6 Å². The number of carbonyl (C=O) groups is 2. The fraction of sp³-hybridized carbons (Fsp3) is 0.500. The molecule has 1 unspecified atom stereocenters. The van der Waals surface area contributed by atoms with Crippen LogP contribution < -0.4 is 10.6 Å². The third-order valence-corrected chi connectivity index (χ3v) is 3.83.